The monoisotopic (exact) mass is 429 g/mol. The molecule has 0 aliphatic heterocycles. The van der Waals surface area contributed by atoms with E-state index < -0.39 is 49.4 Å². The van der Waals surface area contributed by atoms with Crippen LogP contribution in [0.4, 0.5) is 23.2 Å². The predicted octanol–water partition coefficient (Wildman–Crippen LogP) is 4.56. The Labute approximate surface area is 161 Å². The average molecular weight is 430 g/mol. The molecule has 2 N–H and O–H groups in total. The van der Waals surface area contributed by atoms with E-state index in [4.69, 9.17) is 16.9 Å². The van der Waals surface area contributed by atoms with Crippen LogP contribution in [0, 0.1) is 34.6 Å². The molecule has 2 aromatic carbocycles. The number of nitriles is 1. The molecule has 0 aliphatic carbocycles. The molecule has 0 bridgehead atoms. The molecule has 1 heterocycles. The zero-order valence-corrected chi connectivity index (χ0v) is 15.1. The Morgan fingerprint density at radius 1 is 0.964 bits per heavy atom. The Morgan fingerprint density at radius 3 is 2.36 bits per heavy atom. The number of benzene rings is 2. The van der Waals surface area contributed by atoms with E-state index in [1.54, 1.807) is 0 Å². The zero-order valence-electron chi connectivity index (χ0n) is 13.5. The summed E-state index contributed by atoms with van der Waals surface area (Å²) in [5.74, 6) is -4.24. The third-order valence-corrected chi connectivity index (χ3v) is 5.32. The first-order valence-corrected chi connectivity index (χ1v) is 9.24. The molecule has 0 saturated heterocycles. The highest BCUT2D eigenvalue weighted by atomic mass is 35.5. The first-order chi connectivity index (χ1) is 13.1. The van der Waals surface area contributed by atoms with Gasteiger partial charge in [0.05, 0.1) is 16.3 Å². The second kappa shape index (κ2) is 7.18. The van der Waals surface area contributed by atoms with Gasteiger partial charge in [-0.05, 0) is 18.2 Å². The van der Waals surface area contributed by atoms with Gasteiger partial charge in [0, 0.05) is 29.6 Å². The number of aromatic nitrogens is 1. The highest BCUT2D eigenvalue weighted by molar-refractivity contribution is 7.92. The number of rotatable bonds is 4. The third kappa shape index (κ3) is 3.67. The Kier molecular flexibility index (Phi) is 5.06. The van der Waals surface area contributed by atoms with Crippen LogP contribution in [0.15, 0.2) is 41.4 Å². The summed E-state index contributed by atoms with van der Waals surface area (Å²) in [5.41, 5.74) is -1.53. The second-order valence-corrected chi connectivity index (χ2v) is 7.61. The molecule has 1 aromatic heterocycles. The van der Waals surface area contributed by atoms with Gasteiger partial charge in [-0.1, -0.05) is 11.6 Å². The molecule has 0 unspecified atom stereocenters. The van der Waals surface area contributed by atoms with Gasteiger partial charge in [0.2, 0.25) is 0 Å². The maximum atomic E-state index is 13.9. The van der Waals surface area contributed by atoms with Crippen LogP contribution >= 0.6 is 11.6 Å². The quantitative estimate of drug-likeness (QED) is 0.471. The number of halogens is 5. The molecular formula is C17H8ClF4N3O2S. The fourth-order valence-corrected chi connectivity index (χ4v) is 3.54. The summed E-state index contributed by atoms with van der Waals surface area (Å²) in [7, 11) is -4.39. The average Bonchev–Trinajstić information content (AvgIpc) is 3.11. The Bertz CT molecular complexity index is 1240. The van der Waals surface area contributed by atoms with E-state index >= 15 is 0 Å². The van der Waals surface area contributed by atoms with Crippen LogP contribution in [0.3, 0.4) is 0 Å². The number of aromatic amines is 1. The van der Waals surface area contributed by atoms with Gasteiger partial charge in [0.25, 0.3) is 10.0 Å². The SMILES string of the molecule is N#Cc1cc(F)c(NS(=O)(=O)c2c[nH]c(-c3cc(Cl)c(F)cc3F)c2)cc1F. The first-order valence-electron chi connectivity index (χ1n) is 7.37. The lowest BCUT2D eigenvalue weighted by molar-refractivity contribution is 0.585. The van der Waals surface area contributed by atoms with Crippen molar-refractivity contribution in [1.82, 2.24) is 4.98 Å². The largest absolute Gasteiger partial charge is 0.360 e. The maximum absolute atomic E-state index is 13.9. The van der Waals surface area contributed by atoms with Crippen molar-refractivity contribution in [2.24, 2.45) is 0 Å². The fourth-order valence-electron chi connectivity index (χ4n) is 2.33. The highest BCUT2D eigenvalue weighted by Crippen LogP contribution is 2.30. The molecule has 0 spiro atoms. The third-order valence-electron chi connectivity index (χ3n) is 3.69. The summed E-state index contributed by atoms with van der Waals surface area (Å²) in [4.78, 5) is 2.07. The molecule has 3 rings (SSSR count). The number of sulfonamides is 1. The van der Waals surface area contributed by atoms with Crippen molar-refractivity contribution in [3.05, 3.63) is 70.4 Å². The molecule has 0 saturated carbocycles. The number of anilines is 1. The molecule has 0 atom stereocenters. The summed E-state index contributed by atoms with van der Waals surface area (Å²) < 4.78 is 81.4. The van der Waals surface area contributed by atoms with Gasteiger partial charge in [0.15, 0.2) is 0 Å². The first kappa shape index (κ1) is 19.7. The van der Waals surface area contributed by atoms with Crippen LogP contribution in [0.1, 0.15) is 5.56 Å². The minimum Gasteiger partial charge on any atom is -0.360 e. The van der Waals surface area contributed by atoms with Crippen molar-refractivity contribution in [1.29, 1.82) is 5.26 Å². The lowest BCUT2D eigenvalue weighted by atomic mass is 10.1. The predicted molar refractivity (Wildman–Crippen MR) is 93.0 cm³/mol. The molecule has 28 heavy (non-hydrogen) atoms. The number of H-pyrrole nitrogens is 1. The minimum absolute atomic E-state index is 0.0359. The summed E-state index contributed by atoms with van der Waals surface area (Å²) in [6, 6.07) is 5.01. The van der Waals surface area contributed by atoms with Gasteiger partial charge in [-0.25, -0.2) is 26.0 Å². The van der Waals surface area contributed by atoms with Crippen LogP contribution < -0.4 is 4.72 Å². The van der Waals surface area contributed by atoms with E-state index in [9.17, 15) is 26.0 Å². The number of hydrogen-bond acceptors (Lipinski definition) is 3. The summed E-state index contributed by atoms with van der Waals surface area (Å²) in [6.45, 7) is 0. The van der Waals surface area contributed by atoms with Crippen molar-refractivity contribution in [3.8, 4) is 17.3 Å². The van der Waals surface area contributed by atoms with E-state index in [2.05, 4.69) is 4.98 Å². The summed E-state index contributed by atoms with van der Waals surface area (Å²) >= 11 is 5.61. The van der Waals surface area contributed by atoms with Gasteiger partial charge in [-0.3, -0.25) is 4.72 Å². The number of hydrogen-bond donors (Lipinski definition) is 2. The topological polar surface area (TPSA) is 85.8 Å². The highest BCUT2D eigenvalue weighted by Gasteiger charge is 2.21. The molecule has 0 radical (unpaired) electrons. The van der Waals surface area contributed by atoms with Gasteiger partial charge >= 0.3 is 0 Å². The molecule has 144 valence electrons. The Hall–Kier alpha value is -3.03. The Morgan fingerprint density at radius 2 is 1.68 bits per heavy atom. The normalized spacial score (nSPS) is 11.3. The van der Waals surface area contributed by atoms with Gasteiger partial charge in [0.1, 0.15) is 34.2 Å². The molecular weight excluding hydrogens is 422 g/mol. The summed E-state index contributed by atoms with van der Waals surface area (Å²) in [6.07, 6.45) is 0.978. The van der Waals surface area contributed by atoms with Crippen LogP contribution in [-0.2, 0) is 10.0 Å². The van der Waals surface area contributed by atoms with Gasteiger partial charge < -0.3 is 4.98 Å². The van der Waals surface area contributed by atoms with E-state index in [0.717, 1.165) is 18.3 Å². The molecule has 3 aromatic rings. The lowest BCUT2D eigenvalue weighted by Gasteiger charge is -2.08. The van der Waals surface area contributed by atoms with E-state index in [-0.39, 0.29) is 16.3 Å². The zero-order chi connectivity index (χ0) is 20.6. The van der Waals surface area contributed by atoms with Crippen LogP contribution in [-0.4, -0.2) is 13.4 Å². The van der Waals surface area contributed by atoms with E-state index in [1.807, 2.05) is 4.72 Å². The fraction of sp³-hybridized carbons (Fsp3) is 0. The summed E-state index contributed by atoms with van der Waals surface area (Å²) in [5, 5.41) is 8.28. The van der Waals surface area contributed by atoms with Crippen molar-refractivity contribution in [2.75, 3.05) is 4.72 Å². The van der Waals surface area contributed by atoms with Gasteiger partial charge in [-0.2, -0.15) is 5.26 Å². The Balaban J connectivity index is 1.96. The van der Waals surface area contributed by atoms with E-state index in [1.165, 1.54) is 6.07 Å². The van der Waals surface area contributed by atoms with Gasteiger partial charge in [-0.15, -0.1) is 0 Å². The lowest BCUT2D eigenvalue weighted by Crippen LogP contribution is -2.13. The number of nitrogens with one attached hydrogen (secondary N) is 2. The minimum atomic E-state index is -4.39. The molecule has 0 amide bonds. The molecule has 0 aliphatic rings. The smallest absolute Gasteiger partial charge is 0.263 e. The van der Waals surface area contributed by atoms with Crippen LogP contribution in [0.2, 0.25) is 5.02 Å². The van der Waals surface area contributed by atoms with Crippen LogP contribution in [0.5, 0.6) is 0 Å². The molecule has 0 fully saturated rings. The van der Waals surface area contributed by atoms with Crippen molar-refractivity contribution in [3.63, 3.8) is 0 Å². The maximum Gasteiger partial charge on any atom is 0.263 e. The van der Waals surface area contributed by atoms with Crippen molar-refractivity contribution in [2.45, 2.75) is 4.90 Å². The van der Waals surface area contributed by atoms with Crippen LogP contribution in [0.25, 0.3) is 11.3 Å². The second-order valence-electron chi connectivity index (χ2n) is 5.52. The van der Waals surface area contributed by atoms with E-state index in [0.29, 0.717) is 18.2 Å². The number of nitrogens with zero attached hydrogens (tertiary/aromatic N) is 1. The standard InChI is InChI=1S/C17H8ClF4N3O2S/c18-11-3-10(13(20)4-14(11)21)16-2-9(7-24-16)28(26,27)25-17-5-12(19)8(6-23)1-15(17)22/h1-5,7,24-25H. The molecule has 5 nitrogen and oxygen atoms in total. The van der Waals surface area contributed by atoms with Crippen molar-refractivity contribution < 1.29 is 26.0 Å². The molecule has 11 heteroatoms. The van der Waals surface area contributed by atoms with Crippen molar-refractivity contribution >= 4 is 27.3 Å².